The van der Waals surface area contributed by atoms with Crippen LogP contribution in [-0.4, -0.2) is 0 Å². The zero-order valence-corrected chi connectivity index (χ0v) is 29.5. The smallest absolute Gasteiger partial charge is 0.137 e. The number of hydrogen-bond donors (Lipinski definition) is 0. The molecule has 0 saturated heterocycles. The van der Waals surface area contributed by atoms with Gasteiger partial charge >= 0.3 is 0 Å². The third-order valence-corrected chi connectivity index (χ3v) is 12.7. The second-order valence-electron chi connectivity index (χ2n) is 13.2. The summed E-state index contributed by atoms with van der Waals surface area (Å²) in [6, 6.07) is 63.6. The average Bonchev–Trinajstić information content (AvgIpc) is 3.90. The van der Waals surface area contributed by atoms with Crippen molar-refractivity contribution >= 4 is 102 Å². The molecule has 0 saturated carbocycles. The molecule has 0 unspecified atom stereocenters. The lowest BCUT2D eigenvalue weighted by Gasteiger charge is -2.27. The third-order valence-electron chi connectivity index (χ3n) is 10.3. The number of fused-ring (bicyclic) bond motifs is 9. The molecule has 0 fully saturated rings. The standard InChI is InChI=1S/C48H29NOS2/c1-3-12-30(13-4-1)32-22-24-39-45(28-32)52-48-34(31-14-5-2-6-15-31)26-27-40(46(39)48)49(33-23-25-36-35-16-7-9-20-42(35)50-43(36)29-33)41-19-11-18-38-37-17-8-10-21-44(37)51-47(38)41/h1-29H. The Morgan fingerprint density at radius 3 is 1.94 bits per heavy atom. The van der Waals surface area contributed by atoms with Crippen LogP contribution in [0.5, 0.6) is 0 Å². The number of rotatable bonds is 5. The van der Waals surface area contributed by atoms with Gasteiger partial charge in [0.05, 0.1) is 16.1 Å². The van der Waals surface area contributed by atoms with Gasteiger partial charge in [-0.05, 0) is 64.7 Å². The second-order valence-corrected chi connectivity index (χ2v) is 15.4. The third kappa shape index (κ3) is 4.55. The number of para-hydroxylation sites is 1. The molecule has 4 heteroatoms. The van der Waals surface area contributed by atoms with Crippen molar-refractivity contribution in [1.82, 2.24) is 0 Å². The molecule has 11 aromatic rings. The van der Waals surface area contributed by atoms with E-state index in [9.17, 15) is 0 Å². The molecule has 0 spiro atoms. The summed E-state index contributed by atoms with van der Waals surface area (Å²) in [5.41, 5.74) is 10.1. The average molecular weight is 700 g/mol. The normalized spacial score (nSPS) is 11.8. The van der Waals surface area contributed by atoms with E-state index < -0.39 is 0 Å². The van der Waals surface area contributed by atoms with Crippen molar-refractivity contribution in [1.29, 1.82) is 0 Å². The molecule has 0 aliphatic heterocycles. The molecule has 0 atom stereocenters. The van der Waals surface area contributed by atoms with Gasteiger partial charge in [0, 0.05) is 58.2 Å². The lowest BCUT2D eigenvalue weighted by atomic mass is 9.98. The Hall–Kier alpha value is -6.20. The molecule has 0 amide bonds. The van der Waals surface area contributed by atoms with Crippen molar-refractivity contribution < 1.29 is 4.42 Å². The zero-order chi connectivity index (χ0) is 34.2. The van der Waals surface area contributed by atoms with Crippen LogP contribution in [0.4, 0.5) is 17.1 Å². The van der Waals surface area contributed by atoms with Crippen LogP contribution in [0.25, 0.3) is 84.5 Å². The van der Waals surface area contributed by atoms with Crippen molar-refractivity contribution in [2.24, 2.45) is 0 Å². The van der Waals surface area contributed by atoms with Crippen LogP contribution in [0.1, 0.15) is 0 Å². The highest BCUT2D eigenvalue weighted by molar-refractivity contribution is 7.27. The first kappa shape index (κ1) is 29.5. The SMILES string of the molecule is c1ccc(-c2ccc3c(c2)sc2c(-c4ccccc4)ccc(N(c4ccc5c(c4)oc4ccccc45)c4cccc5c4sc4ccccc45)c23)cc1. The Bertz CT molecular complexity index is 3130. The highest BCUT2D eigenvalue weighted by atomic mass is 32.1. The van der Waals surface area contributed by atoms with Gasteiger partial charge < -0.3 is 9.32 Å². The van der Waals surface area contributed by atoms with Crippen molar-refractivity contribution in [2.75, 3.05) is 4.90 Å². The van der Waals surface area contributed by atoms with Gasteiger partial charge in [-0.25, -0.2) is 0 Å². The molecular weight excluding hydrogens is 671 g/mol. The number of thiophene rings is 2. The van der Waals surface area contributed by atoms with Crippen molar-refractivity contribution in [3.63, 3.8) is 0 Å². The first-order valence-corrected chi connectivity index (χ1v) is 19.1. The van der Waals surface area contributed by atoms with E-state index in [-0.39, 0.29) is 0 Å². The zero-order valence-electron chi connectivity index (χ0n) is 27.9. The minimum Gasteiger partial charge on any atom is -0.456 e. The van der Waals surface area contributed by atoms with Crippen LogP contribution in [0.3, 0.4) is 0 Å². The molecule has 0 aliphatic rings. The van der Waals surface area contributed by atoms with Gasteiger partial charge in [-0.2, -0.15) is 0 Å². The van der Waals surface area contributed by atoms with Crippen LogP contribution in [0.2, 0.25) is 0 Å². The van der Waals surface area contributed by atoms with Gasteiger partial charge in [0.15, 0.2) is 0 Å². The molecule has 3 aromatic heterocycles. The van der Waals surface area contributed by atoms with Crippen LogP contribution < -0.4 is 4.90 Å². The van der Waals surface area contributed by atoms with Gasteiger partial charge in [-0.1, -0.05) is 127 Å². The van der Waals surface area contributed by atoms with E-state index in [0.717, 1.165) is 39.0 Å². The summed E-state index contributed by atoms with van der Waals surface area (Å²) in [7, 11) is 0. The van der Waals surface area contributed by atoms with E-state index in [4.69, 9.17) is 4.42 Å². The minimum atomic E-state index is 0.882. The molecule has 11 rings (SSSR count). The maximum absolute atomic E-state index is 6.50. The van der Waals surface area contributed by atoms with Gasteiger partial charge in [-0.3, -0.25) is 0 Å². The largest absolute Gasteiger partial charge is 0.456 e. The van der Waals surface area contributed by atoms with E-state index in [2.05, 4.69) is 175 Å². The predicted octanol–water partition coefficient (Wildman–Crippen LogP) is 15.1. The summed E-state index contributed by atoms with van der Waals surface area (Å²) in [6.45, 7) is 0. The van der Waals surface area contributed by atoms with E-state index in [1.165, 1.54) is 62.6 Å². The Morgan fingerprint density at radius 2 is 1.08 bits per heavy atom. The first-order valence-electron chi connectivity index (χ1n) is 17.5. The Balaban J connectivity index is 1.24. The second kappa shape index (κ2) is 11.7. The van der Waals surface area contributed by atoms with Crippen LogP contribution in [-0.2, 0) is 0 Å². The number of nitrogens with zero attached hydrogens (tertiary/aromatic N) is 1. The molecule has 2 nitrogen and oxygen atoms in total. The van der Waals surface area contributed by atoms with Gasteiger partial charge in [-0.15, -0.1) is 22.7 Å². The fraction of sp³-hybridized carbons (Fsp3) is 0. The lowest BCUT2D eigenvalue weighted by Crippen LogP contribution is -2.10. The van der Waals surface area contributed by atoms with Gasteiger partial charge in [0.25, 0.3) is 0 Å². The molecule has 0 bridgehead atoms. The number of benzene rings is 8. The van der Waals surface area contributed by atoms with Crippen LogP contribution in [0, 0.1) is 0 Å². The molecule has 0 radical (unpaired) electrons. The fourth-order valence-electron chi connectivity index (χ4n) is 7.87. The summed E-state index contributed by atoms with van der Waals surface area (Å²) in [4.78, 5) is 2.47. The Labute approximate surface area is 308 Å². The van der Waals surface area contributed by atoms with Crippen molar-refractivity contribution in [2.45, 2.75) is 0 Å². The number of furan rings is 1. The van der Waals surface area contributed by atoms with Gasteiger partial charge in [0.2, 0.25) is 0 Å². The Kier molecular flexibility index (Phi) is 6.63. The van der Waals surface area contributed by atoms with Crippen LogP contribution >= 0.6 is 22.7 Å². The topological polar surface area (TPSA) is 16.4 Å². The number of hydrogen-bond acceptors (Lipinski definition) is 4. The summed E-state index contributed by atoms with van der Waals surface area (Å²) >= 11 is 3.75. The molecule has 0 N–H and O–H groups in total. The summed E-state index contributed by atoms with van der Waals surface area (Å²) in [5.74, 6) is 0. The predicted molar refractivity (Wildman–Crippen MR) is 225 cm³/mol. The van der Waals surface area contributed by atoms with Crippen molar-refractivity contribution in [3.8, 4) is 22.3 Å². The van der Waals surface area contributed by atoms with Crippen molar-refractivity contribution in [3.05, 3.63) is 176 Å². The fourth-order valence-corrected chi connectivity index (χ4v) is 10.4. The molecule has 244 valence electrons. The minimum absolute atomic E-state index is 0.882. The van der Waals surface area contributed by atoms with E-state index in [0.29, 0.717) is 0 Å². The highest BCUT2D eigenvalue weighted by Crippen LogP contribution is 2.51. The molecule has 3 heterocycles. The first-order chi connectivity index (χ1) is 25.8. The summed E-state index contributed by atoms with van der Waals surface area (Å²) < 4.78 is 11.6. The quantitative estimate of drug-likeness (QED) is 0.178. The molecular formula is C48H29NOS2. The highest BCUT2D eigenvalue weighted by Gasteiger charge is 2.24. The Morgan fingerprint density at radius 1 is 0.385 bits per heavy atom. The van der Waals surface area contributed by atoms with E-state index >= 15 is 0 Å². The van der Waals surface area contributed by atoms with E-state index in [1.54, 1.807) is 0 Å². The van der Waals surface area contributed by atoms with Crippen LogP contribution in [0.15, 0.2) is 180 Å². The maximum atomic E-state index is 6.50. The molecule has 0 aliphatic carbocycles. The molecule has 8 aromatic carbocycles. The summed E-state index contributed by atoms with van der Waals surface area (Å²) in [5, 5.41) is 7.33. The lowest BCUT2D eigenvalue weighted by molar-refractivity contribution is 0.669. The molecule has 52 heavy (non-hydrogen) atoms. The summed E-state index contributed by atoms with van der Waals surface area (Å²) in [6.07, 6.45) is 0. The van der Waals surface area contributed by atoms with E-state index in [1.807, 2.05) is 28.7 Å². The maximum Gasteiger partial charge on any atom is 0.137 e. The van der Waals surface area contributed by atoms with Gasteiger partial charge in [0.1, 0.15) is 11.2 Å². The monoisotopic (exact) mass is 699 g/mol. The number of anilines is 3.